The number of hydrogen-bond donors (Lipinski definition) is 1. The number of phenolic OH excluding ortho intramolecular Hbond substituents is 1. The summed E-state index contributed by atoms with van der Waals surface area (Å²) in [5, 5.41) is 10.5. The van der Waals surface area contributed by atoms with E-state index in [2.05, 4.69) is 4.99 Å². The Labute approximate surface area is 117 Å². The molecule has 0 aliphatic carbocycles. The highest BCUT2D eigenvalue weighted by Gasteiger charge is 2.06. The number of nitrogens with zero attached hydrogens (tertiary/aromatic N) is 1. The van der Waals surface area contributed by atoms with Crippen LogP contribution in [0, 0.1) is 6.92 Å². The zero-order valence-corrected chi connectivity index (χ0v) is 11.5. The number of hydrogen-bond acceptors (Lipinski definition) is 3. The lowest BCUT2D eigenvalue weighted by atomic mass is 10.2. The highest BCUT2D eigenvalue weighted by Crippen LogP contribution is 2.31. The predicted molar refractivity (Wildman–Crippen MR) is 78.1 cm³/mol. The predicted octanol–water partition coefficient (Wildman–Crippen LogP) is 4.11. The molecule has 3 nitrogen and oxygen atoms in total. The van der Waals surface area contributed by atoms with E-state index < -0.39 is 0 Å². The Balaban J connectivity index is 2.38. The minimum Gasteiger partial charge on any atom is -0.504 e. The molecule has 0 saturated heterocycles. The van der Waals surface area contributed by atoms with Crippen molar-refractivity contribution >= 4 is 23.5 Å². The molecule has 0 aliphatic rings. The van der Waals surface area contributed by atoms with E-state index >= 15 is 0 Å². The molecule has 0 heterocycles. The molecule has 2 aromatic carbocycles. The lowest BCUT2D eigenvalue weighted by Crippen LogP contribution is -1.88. The number of methoxy groups -OCH3 is 1. The van der Waals surface area contributed by atoms with E-state index in [-0.39, 0.29) is 5.75 Å². The first-order valence-corrected chi connectivity index (χ1v) is 6.16. The number of halogens is 1. The Hall–Kier alpha value is -2.00. The van der Waals surface area contributed by atoms with Crippen molar-refractivity contribution in [1.29, 1.82) is 0 Å². The molecular formula is C15H14ClNO2. The monoisotopic (exact) mass is 275 g/mol. The van der Waals surface area contributed by atoms with Crippen LogP contribution in [0.15, 0.2) is 41.4 Å². The maximum absolute atomic E-state index is 9.96. The number of aryl methyl sites for hydroxylation is 1. The van der Waals surface area contributed by atoms with Gasteiger partial charge in [-0.1, -0.05) is 29.8 Å². The third-order valence-corrected chi connectivity index (χ3v) is 3.08. The molecule has 0 amide bonds. The van der Waals surface area contributed by atoms with Crippen LogP contribution in [0.2, 0.25) is 5.02 Å². The van der Waals surface area contributed by atoms with Gasteiger partial charge in [-0.2, -0.15) is 0 Å². The second kappa shape index (κ2) is 5.76. The van der Waals surface area contributed by atoms with Crippen molar-refractivity contribution in [2.45, 2.75) is 6.92 Å². The Morgan fingerprint density at radius 1 is 1.21 bits per heavy atom. The fourth-order valence-corrected chi connectivity index (χ4v) is 2.00. The molecule has 0 atom stereocenters. The zero-order chi connectivity index (χ0) is 13.8. The highest BCUT2D eigenvalue weighted by atomic mass is 35.5. The first-order valence-electron chi connectivity index (χ1n) is 5.78. The first-order chi connectivity index (χ1) is 9.13. The summed E-state index contributed by atoms with van der Waals surface area (Å²) in [4.78, 5) is 4.34. The number of rotatable bonds is 3. The molecule has 0 bridgehead atoms. The second-order valence-electron chi connectivity index (χ2n) is 4.06. The molecule has 2 rings (SSSR count). The molecule has 0 saturated carbocycles. The van der Waals surface area contributed by atoms with E-state index in [1.165, 1.54) is 7.11 Å². The number of para-hydroxylation sites is 2. The van der Waals surface area contributed by atoms with Crippen molar-refractivity contribution in [3.05, 3.63) is 52.5 Å². The van der Waals surface area contributed by atoms with E-state index in [0.29, 0.717) is 22.0 Å². The van der Waals surface area contributed by atoms with Gasteiger partial charge < -0.3 is 9.84 Å². The van der Waals surface area contributed by atoms with Crippen LogP contribution < -0.4 is 4.74 Å². The van der Waals surface area contributed by atoms with Gasteiger partial charge in [-0.05, 0) is 30.7 Å². The molecule has 0 aliphatic heterocycles. The van der Waals surface area contributed by atoms with Crippen molar-refractivity contribution < 1.29 is 9.84 Å². The third kappa shape index (κ3) is 2.88. The van der Waals surface area contributed by atoms with E-state index in [1.54, 1.807) is 30.5 Å². The molecule has 4 heteroatoms. The molecule has 0 spiro atoms. The first kappa shape index (κ1) is 13.4. The molecule has 0 radical (unpaired) electrons. The van der Waals surface area contributed by atoms with Crippen molar-refractivity contribution in [2.24, 2.45) is 4.99 Å². The van der Waals surface area contributed by atoms with Crippen LogP contribution >= 0.6 is 11.6 Å². The topological polar surface area (TPSA) is 41.8 Å². The van der Waals surface area contributed by atoms with Crippen LogP contribution in [-0.4, -0.2) is 18.4 Å². The van der Waals surface area contributed by atoms with E-state index in [0.717, 1.165) is 5.56 Å². The van der Waals surface area contributed by atoms with Gasteiger partial charge in [0.15, 0.2) is 11.5 Å². The van der Waals surface area contributed by atoms with Gasteiger partial charge in [-0.3, -0.25) is 4.99 Å². The lowest BCUT2D eigenvalue weighted by molar-refractivity contribution is 0.373. The molecule has 98 valence electrons. The standard InChI is InChI=1S/C15H14ClNO2/c1-10-5-3-7-12(16)14(10)17-9-11-6-4-8-13(19-2)15(11)18/h3-9,18H,1-2H3. The number of aliphatic imine (C=N–C) groups is 1. The molecule has 0 fully saturated rings. The highest BCUT2D eigenvalue weighted by molar-refractivity contribution is 6.33. The van der Waals surface area contributed by atoms with Crippen molar-refractivity contribution in [2.75, 3.05) is 7.11 Å². The van der Waals surface area contributed by atoms with Crippen molar-refractivity contribution in [1.82, 2.24) is 0 Å². The normalized spacial score (nSPS) is 10.9. The summed E-state index contributed by atoms with van der Waals surface area (Å²) in [6, 6.07) is 10.8. The summed E-state index contributed by atoms with van der Waals surface area (Å²) in [5.41, 5.74) is 2.26. The fraction of sp³-hybridized carbons (Fsp3) is 0.133. The molecular weight excluding hydrogens is 262 g/mol. The summed E-state index contributed by atoms with van der Waals surface area (Å²) < 4.78 is 5.05. The van der Waals surface area contributed by atoms with Crippen LogP contribution in [0.3, 0.4) is 0 Å². The summed E-state index contributed by atoms with van der Waals surface area (Å²) in [6.45, 7) is 1.93. The van der Waals surface area contributed by atoms with Gasteiger partial charge in [-0.25, -0.2) is 0 Å². The average molecular weight is 276 g/mol. The van der Waals surface area contributed by atoms with Crippen molar-refractivity contribution in [3.63, 3.8) is 0 Å². The van der Waals surface area contributed by atoms with Crippen LogP contribution in [-0.2, 0) is 0 Å². The van der Waals surface area contributed by atoms with Gasteiger partial charge in [0.25, 0.3) is 0 Å². The minimum absolute atomic E-state index is 0.0680. The summed E-state index contributed by atoms with van der Waals surface area (Å²) in [6.07, 6.45) is 1.58. The van der Waals surface area contributed by atoms with E-state index in [4.69, 9.17) is 16.3 Å². The van der Waals surface area contributed by atoms with Crippen LogP contribution in [0.1, 0.15) is 11.1 Å². The van der Waals surface area contributed by atoms with Crippen LogP contribution in [0.5, 0.6) is 11.5 Å². The molecule has 0 unspecified atom stereocenters. The van der Waals surface area contributed by atoms with Gasteiger partial charge >= 0.3 is 0 Å². The third-order valence-electron chi connectivity index (χ3n) is 2.77. The lowest BCUT2D eigenvalue weighted by Gasteiger charge is -2.06. The number of ether oxygens (including phenoxy) is 1. The van der Waals surface area contributed by atoms with E-state index in [9.17, 15) is 5.11 Å². The van der Waals surface area contributed by atoms with Crippen LogP contribution in [0.4, 0.5) is 5.69 Å². The molecule has 0 aromatic heterocycles. The second-order valence-corrected chi connectivity index (χ2v) is 4.47. The minimum atomic E-state index is 0.0680. The number of phenols is 1. The Bertz CT molecular complexity index is 603. The molecule has 1 N–H and O–H groups in total. The quantitative estimate of drug-likeness (QED) is 0.857. The van der Waals surface area contributed by atoms with Gasteiger partial charge in [-0.15, -0.1) is 0 Å². The van der Waals surface area contributed by atoms with Gasteiger partial charge in [0.05, 0.1) is 17.8 Å². The Morgan fingerprint density at radius 2 is 1.95 bits per heavy atom. The van der Waals surface area contributed by atoms with Crippen LogP contribution in [0.25, 0.3) is 0 Å². The maximum Gasteiger partial charge on any atom is 0.166 e. The largest absolute Gasteiger partial charge is 0.504 e. The number of benzene rings is 2. The smallest absolute Gasteiger partial charge is 0.166 e. The maximum atomic E-state index is 9.96. The Kier molecular flexibility index (Phi) is 4.07. The van der Waals surface area contributed by atoms with Crippen molar-refractivity contribution in [3.8, 4) is 11.5 Å². The number of aromatic hydroxyl groups is 1. The van der Waals surface area contributed by atoms with Gasteiger partial charge in [0.1, 0.15) is 0 Å². The van der Waals surface area contributed by atoms with E-state index in [1.807, 2.05) is 19.1 Å². The summed E-state index contributed by atoms with van der Waals surface area (Å²) >= 11 is 6.09. The molecule has 2 aromatic rings. The summed E-state index contributed by atoms with van der Waals surface area (Å²) in [5.74, 6) is 0.485. The zero-order valence-electron chi connectivity index (χ0n) is 10.7. The fourth-order valence-electron chi connectivity index (χ4n) is 1.73. The average Bonchev–Trinajstić information content (AvgIpc) is 2.40. The Morgan fingerprint density at radius 3 is 2.63 bits per heavy atom. The van der Waals surface area contributed by atoms with Gasteiger partial charge in [0, 0.05) is 11.8 Å². The molecule has 19 heavy (non-hydrogen) atoms. The summed E-state index contributed by atoms with van der Waals surface area (Å²) in [7, 11) is 1.51. The SMILES string of the molecule is COc1cccc(C=Nc2c(C)cccc2Cl)c1O. The van der Waals surface area contributed by atoms with Gasteiger partial charge in [0.2, 0.25) is 0 Å².